The van der Waals surface area contributed by atoms with Gasteiger partial charge >= 0.3 is 6.18 Å². The molecule has 0 saturated carbocycles. The van der Waals surface area contributed by atoms with Gasteiger partial charge in [-0.2, -0.15) is 18.3 Å². The average Bonchev–Trinajstić information content (AvgIpc) is 2.99. The molecule has 2 unspecified atom stereocenters. The molecular formula is C18H20F3N5O2. The van der Waals surface area contributed by atoms with E-state index in [1.165, 1.54) is 10.9 Å². The highest BCUT2D eigenvalue weighted by Crippen LogP contribution is 2.37. The summed E-state index contributed by atoms with van der Waals surface area (Å²) in [5.41, 5.74) is 7.06. The van der Waals surface area contributed by atoms with Crippen LogP contribution in [0.1, 0.15) is 17.7 Å². The highest BCUT2D eigenvalue weighted by Gasteiger charge is 2.50. The minimum atomic E-state index is -4.60. The molecule has 2 heterocycles. The van der Waals surface area contributed by atoms with E-state index in [1.54, 1.807) is 31.3 Å². The summed E-state index contributed by atoms with van der Waals surface area (Å²) in [4.78, 5) is 23.6. The maximum Gasteiger partial charge on any atom is 0.409 e. The maximum absolute atomic E-state index is 13.5. The number of primary amides is 1. The SMILES string of the molecule is Cn1ncc2c1CC(C(=O)Nc1cccc(CCC(N)=O)c1)C(C(F)(F)F)N2. The largest absolute Gasteiger partial charge is 0.409 e. The van der Waals surface area contributed by atoms with Gasteiger partial charge in [-0.25, -0.2) is 0 Å². The predicted molar refractivity (Wildman–Crippen MR) is 96.5 cm³/mol. The highest BCUT2D eigenvalue weighted by molar-refractivity contribution is 5.94. The van der Waals surface area contributed by atoms with Crippen molar-refractivity contribution in [3.05, 3.63) is 41.7 Å². The van der Waals surface area contributed by atoms with Crippen LogP contribution in [-0.4, -0.2) is 33.8 Å². The van der Waals surface area contributed by atoms with E-state index in [-0.39, 0.29) is 18.5 Å². The number of carbonyl (C=O) groups excluding carboxylic acids is 2. The Morgan fingerprint density at radius 1 is 1.39 bits per heavy atom. The second kappa shape index (κ2) is 7.53. The molecule has 2 atom stereocenters. The van der Waals surface area contributed by atoms with Gasteiger partial charge in [0.1, 0.15) is 6.04 Å². The number of hydrogen-bond acceptors (Lipinski definition) is 4. The van der Waals surface area contributed by atoms with Gasteiger partial charge in [0.05, 0.1) is 23.5 Å². The summed E-state index contributed by atoms with van der Waals surface area (Å²) < 4.78 is 42.0. The number of aromatic nitrogens is 2. The standard InChI is InChI=1S/C18H20F3N5O2/c1-26-14-8-12(16(18(19,20)21)25-13(14)9-23-26)17(28)24-11-4-2-3-10(7-11)5-6-15(22)27/h2-4,7,9,12,16,25H,5-6,8H2,1H3,(H2,22,27)(H,24,28). The number of nitrogens with two attached hydrogens (primary N) is 1. The first kappa shape index (κ1) is 19.7. The summed E-state index contributed by atoms with van der Waals surface area (Å²) >= 11 is 0. The number of fused-ring (bicyclic) bond motifs is 1. The fourth-order valence-corrected chi connectivity index (χ4v) is 3.28. The number of nitrogens with one attached hydrogen (secondary N) is 2. The van der Waals surface area contributed by atoms with Crippen molar-refractivity contribution in [2.75, 3.05) is 10.6 Å². The van der Waals surface area contributed by atoms with E-state index in [2.05, 4.69) is 15.7 Å². The Morgan fingerprint density at radius 2 is 2.14 bits per heavy atom. The van der Waals surface area contributed by atoms with Crippen molar-refractivity contribution in [1.29, 1.82) is 0 Å². The lowest BCUT2D eigenvalue weighted by molar-refractivity contribution is -0.160. The molecule has 1 aliphatic rings. The highest BCUT2D eigenvalue weighted by atomic mass is 19.4. The van der Waals surface area contributed by atoms with Crippen molar-refractivity contribution in [3.63, 3.8) is 0 Å². The fraction of sp³-hybridized carbons (Fsp3) is 0.389. The summed E-state index contributed by atoms with van der Waals surface area (Å²) in [5.74, 6) is -2.55. The van der Waals surface area contributed by atoms with Crippen LogP contribution in [0.25, 0.3) is 0 Å². The third kappa shape index (κ3) is 4.26. The maximum atomic E-state index is 13.5. The number of aryl methyl sites for hydroxylation is 2. The average molecular weight is 395 g/mol. The second-order valence-corrected chi connectivity index (χ2v) is 6.76. The van der Waals surface area contributed by atoms with Gasteiger partial charge in [0.15, 0.2) is 0 Å². The zero-order valence-electron chi connectivity index (χ0n) is 15.1. The van der Waals surface area contributed by atoms with E-state index < -0.39 is 30.0 Å². The first-order valence-corrected chi connectivity index (χ1v) is 8.67. The van der Waals surface area contributed by atoms with Gasteiger partial charge in [-0.15, -0.1) is 0 Å². The normalized spacial score (nSPS) is 18.9. The number of rotatable bonds is 5. The molecule has 0 saturated heterocycles. The number of alkyl halides is 3. The lowest BCUT2D eigenvalue weighted by Crippen LogP contribution is -2.50. The molecule has 1 aromatic heterocycles. The van der Waals surface area contributed by atoms with E-state index in [0.29, 0.717) is 17.8 Å². The monoisotopic (exact) mass is 395 g/mol. The van der Waals surface area contributed by atoms with Crippen molar-refractivity contribution < 1.29 is 22.8 Å². The molecule has 1 aromatic carbocycles. The van der Waals surface area contributed by atoms with Gasteiger partial charge in [-0.1, -0.05) is 12.1 Å². The van der Waals surface area contributed by atoms with Crippen LogP contribution < -0.4 is 16.4 Å². The predicted octanol–water partition coefficient (Wildman–Crippen LogP) is 1.99. The van der Waals surface area contributed by atoms with Crippen molar-refractivity contribution in [2.45, 2.75) is 31.5 Å². The summed E-state index contributed by atoms with van der Waals surface area (Å²) in [7, 11) is 1.62. The molecular weight excluding hydrogens is 375 g/mol. The number of carbonyl (C=O) groups is 2. The third-order valence-corrected chi connectivity index (χ3v) is 4.73. The van der Waals surface area contributed by atoms with Gasteiger partial charge < -0.3 is 16.4 Å². The van der Waals surface area contributed by atoms with Gasteiger partial charge in [0.2, 0.25) is 11.8 Å². The lowest BCUT2D eigenvalue weighted by Gasteiger charge is -2.33. The lowest BCUT2D eigenvalue weighted by atomic mass is 9.88. The van der Waals surface area contributed by atoms with Crippen LogP contribution >= 0.6 is 0 Å². The number of amides is 2. The zero-order valence-corrected chi connectivity index (χ0v) is 15.1. The third-order valence-electron chi connectivity index (χ3n) is 4.73. The van der Waals surface area contributed by atoms with Crippen molar-refractivity contribution >= 4 is 23.2 Å². The van der Waals surface area contributed by atoms with E-state index in [9.17, 15) is 22.8 Å². The number of hydrogen-bond donors (Lipinski definition) is 3. The van der Waals surface area contributed by atoms with Gasteiger partial charge in [-0.05, 0) is 24.1 Å². The Morgan fingerprint density at radius 3 is 2.82 bits per heavy atom. The molecule has 0 radical (unpaired) electrons. The first-order valence-electron chi connectivity index (χ1n) is 8.67. The first-order chi connectivity index (χ1) is 13.1. The van der Waals surface area contributed by atoms with Crippen molar-refractivity contribution in [3.8, 4) is 0 Å². The molecule has 2 amide bonds. The van der Waals surface area contributed by atoms with E-state index in [0.717, 1.165) is 5.56 Å². The molecule has 0 aliphatic carbocycles. The minimum absolute atomic E-state index is 0.0871. The molecule has 3 rings (SSSR count). The molecule has 1 aliphatic heterocycles. The van der Waals surface area contributed by atoms with E-state index in [4.69, 9.17) is 5.73 Å². The number of benzene rings is 1. The Bertz CT molecular complexity index is 894. The van der Waals surface area contributed by atoms with Crippen LogP contribution in [-0.2, 0) is 29.5 Å². The van der Waals surface area contributed by atoms with E-state index >= 15 is 0 Å². The number of nitrogens with zero attached hydrogens (tertiary/aromatic N) is 2. The van der Waals surface area contributed by atoms with Crippen LogP contribution in [0.3, 0.4) is 0 Å². The molecule has 4 N–H and O–H groups in total. The summed E-state index contributed by atoms with van der Waals surface area (Å²) in [5, 5.41) is 8.91. The smallest absolute Gasteiger partial charge is 0.371 e. The minimum Gasteiger partial charge on any atom is -0.371 e. The Balaban J connectivity index is 1.79. The molecule has 28 heavy (non-hydrogen) atoms. The van der Waals surface area contributed by atoms with Gasteiger partial charge in [0.25, 0.3) is 0 Å². The molecule has 0 bridgehead atoms. The quantitative estimate of drug-likeness (QED) is 0.721. The molecule has 150 valence electrons. The summed E-state index contributed by atoms with van der Waals surface area (Å²) in [6, 6.07) is 4.60. The van der Waals surface area contributed by atoms with Crippen LogP contribution in [0.2, 0.25) is 0 Å². The Kier molecular flexibility index (Phi) is 5.30. The zero-order chi connectivity index (χ0) is 20.5. The topological polar surface area (TPSA) is 102 Å². The second-order valence-electron chi connectivity index (χ2n) is 6.76. The molecule has 10 heteroatoms. The van der Waals surface area contributed by atoms with Gasteiger partial charge in [-0.3, -0.25) is 14.3 Å². The fourth-order valence-electron chi connectivity index (χ4n) is 3.28. The van der Waals surface area contributed by atoms with Crippen molar-refractivity contribution in [2.24, 2.45) is 18.7 Å². The summed E-state index contributed by atoms with van der Waals surface area (Å²) in [6.45, 7) is 0. The summed E-state index contributed by atoms with van der Waals surface area (Å²) in [6.07, 6.45) is -2.84. The van der Waals surface area contributed by atoms with Crippen LogP contribution in [0.5, 0.6) is 0 Å². The van der Waals surface area contributed by atoms with Crippen LogP contribution in [0.15, 0.2) is 30.5 Å². The van der Waals surface area contributed by atoms with Crippen molar-refractivity contribution in [1.82, 2.24) is 9.78 Å². The number of anilines is 2. The molecule has 7 nitrogen and oxygen atoms in total. The Labute approximate surface area is 159 Å². The van der Waals surface area contributed by atoms with Crippen LogP contribution in [0, 0.1) is 5.92 Å². The molecule has 0 fully saturated rings. The van der Waals surface area contributed by atoms with Gasteiger partial charge in [0, 0.05) is 25.6 Å². The molecule has 0 spiro atoms. The number of halogens is 3. The van der Waals surface area contributed by atoms with Crippen LogP contribution in [0.4, 0.5) is 24.5 Å². The van der Waals surface area contributed by atoms with E-state index in [1.807, 2.05) is 0 Å². The molecule has 2 aromatic rings. The Hall–Kier alpha value is -3.04.